The van der Waals surface area contributed by atoms with E-state index in [1.165, 1.54) is 5.56 Å². The van der Waals surface area contributed by atoms with Gasteiger partial charge >= 0.3 is 0 Å². The molecule has 0 radical (unpaired) electrons. The average Bonchev–Trinajstić information content (AvgIpc) is 3.11. The van der Waals surface area contributed by atoms with Gasteiger partial charge in [-0.3, -0.25) is 0 Å². The van der Waals surface area contributed by atoms with Gasteiger partial charge in [-0.1, -0.05) is 30.3 Å². The Morgan fingerprint density at radius 3 is 2.74 bits per heavy atom. The van der Waals surface area contributed by atoms with Crippen molar-refractivity contribution < 1.29 is 0 Å². The van der Waals surface area contributed by atoms with Gasteiger partial charge in [0.15, 0.2) is 0 Å². The molecule has 4 nitrogen and oxygen atoms in total. The zero-order valence-electron chi connectivity index (χ0n) is 10.3. The lowest BCUT2D eigenvalue weighted by Crippen LogP contribution is -2.13. The van der Waals surface area contributed by atoms with Crippen molar-refractivity contribution >= 4 is 11.3 Å². The van der Waals surface area contributed by atoms with Gasteiger partial charge in [-0.2, -0.15) is 26.7 Å². The zero-order chi connectivity index (χ0) is 12.9. The predicted molar refractivity (Wildman–Crippen MR) is 76.7 cm³/mol. The number of aromatic nitrogens is 3. The maximum atomic E-state index is 4.23. The van der Waals surface area contributed by atoms with Gasteiger partial charge < -0.3 is 5.32 Å². The third-order valence-corrected chi connectivity index (χ3v) is 3.60. The molecular formula is C14H14N4S. The average molecular weight is 270 g/mol. The lowest BCUT2D eigenvalue weighted by molar-refractivity contribution is 0.679. The largest absolute Gasteiger partial charge is 0.307 e. The van der Waals surface area contributed by atoms with Gasteiger partial charge in [0.25, 0.3) is 0 Å². The van der Waals surface area contributed by atoms with E-state index in [0.717, 1.165) is 23.5 Å². The van der Waals surface area contributed by atoms with Crippen LogP contribution in [0.3, 0.4) is 0 Å². The highest BCUT2D eigenvalue weighted by Gasteiger charge is 2.09. The Morgan fingerprint density at radius 2 is 1.95 bits per heavy atom. The minimum Gasteiger partial charge on any atom is -0.307 e. The summed E-state index contributed by atoms with van der Waals surface area (Å²) in [5.41, 5.74) is 4.25. The molecule has 3 rings (SSSR count). The van der Waals surface area contributed by atoms with E-state index in [1.54, 1.807) is 11.3 Å². The molecule has 0 saturated heterocycles. The molecule has 0 amide bonds. The van der Waals surface area contributed by atoms with Crippen LogP contribution in [0.25, 0.3) is 11.3 Å². The summed E-state index contributed by atoms with van der Waals surface area (Å²) in [7, 11) is 0. The topological polar surface area (TPSA) is 53.6 Å². The predicted octanol–water partition coefficient (Wildman–Crippen LogP) is 2.82. The molecule has 0 fully saturated rings. The fraction of sp³-hybridized carbons (Fsp3) is 0.143. The highest BCUT2D eigenvalue weighted by Crippen LogP contribution is 2.18. The molecule has 0 aliphatic rings. The molecular weight excluding hydrogens is 256 g/mol. The van der Waals surface area contributed by atoms with E-state index in [-0.39, 0.29) is 0 Å². The van der Waals surface area contributed by atoms with E-state index in [1.807, 2.05) is 30.3 Å². The summed E-state index contributed by atoms with van der Waals surface area (Å²) in [6.45, 7) is 1.56. The van der Waals surface area contributed by atoms with Crippen LogP contribution in [0.4, 0.5) is 0 Å². The fourth-order valence-electron chi connectivity index (χ4n) is 1.92. The molecule has 0 atom stereocenters. The summed E-state index contributed by atoms with van der Waals surface area (Å²) in [5.74, 6) is 0. The third-order valence-electron chi connectivity index (χ3n) is 2.87. The van der Waals surface area contributed by atoms with E-state index >= 15 is 0 Å². The number of H-pyrrole nitrogens is 1. The number of rotatable bonds is 5. The van der Waals surface area contributed by atoms with E-state index < -0.39 is 0 Å². The highest BCUT2D eigenvalue weighted by molar-refractivity contribution is 7.07. The molecule has 0 unspecified atom stereocenters. The van der Waals surface area contributed by atoms with Gasteiger partial charge in [-0.15, -0.1) is 0 Å². The summed E-state index contributed by atoms with van der Waals surface area (Å²) in [6, 6.07) is 12.2. The smallest absolute Gasteiger partial charge is 0.117 e. The molecule has 3 aromatic rings. The Morgan fingerprint density at radius 1 is 1.05 bits per heavy atom. The molecule has 0 aliphatic carbocycles. The first-order chi connectivity index (χ1) is 9.43. The quantitative estimate of drug-likeness (QED) is 0.749. The summed E-state index contributed by atoms with van der Waals surface area (Å²) in [6.07, 6.45) is 0. The number of hydrogen-bond donors (Lipinski definition) is 2. The highest BCUT2D eigenvalue weighted by atomic mass is 32.1. The number of benzene rings is 1. The van der Waals surface area contributed by atoms with Crippen molar-refractivity contribution in [3.8, 4) is 11.3 Å². The number of hydrogen-bond acceptors (Lipinski definition) is 4. The first-order valence-corrected chi connectivity index (χ1v) is 7.04. The van der Waals surface area contributed by atoms with Gasteiger partial charge in [0, 0.05) is 18.7 Å². The molecule has 0 aliphatic heterocycles. The molecule has 19 heavy (non-hydrogen) atoms. The van der Waals surface area contributed by atoms with Crippen LogP contribution in [0.2, 0.25) is 0 Å². The fourth-order valence-corrected chi connectivity index (χ4v) is 2.59. The molecule has 2 heterocycles. The monoisotopic (exact) mass is 270 g/mol. The van der Waals surface area contributed by atoms with Crippen molar-refractivity contribution in [1.29, 1.82) is 0 Å². The van der Waals surface area contributed by atoms with Crippen LogP contribution < -0.4 is 5.32 Å². The van der Waals surface area contributed by atoms with Crippen LogP contribution in [-0.4, -0.2) is 15.4 Å². The molecule has 2 aromatic heterocycles. The number of thiophene rings is 1. The minimum absolute atomic E-state index is 0.705. The van der Waals surface area contributed by atoms with Gasteiger partial charge in [-0.05, 0) is 22.4 Å². The maximum absolute atomic E-state index is 4.23. The second-order valence-electron chi connectivity index (χ2n) is 4.22. The molecule has 5 heteroatoms. The first-order valence-electron chi connectivity index (χ1n) is 6.10. The van der Waals surface area contributed by atoms with Crippen molar-refractivity contribution in [1.82, 2.24) is 20.7 Å². The number of aromatic amines is 1. The van der Waals surface area contributed by atoms with Gasteiger partial charge in [0.1, 0.15) is 11.4 Å². The van der Waals surface area contributed by atoms with Crippen LogP contribution >= 0.6 is 11.3 Å². The minimum atomic E-state index is 0.705. The normalized spacial score (nSPS) is 10.7. The number of nitrogens with one attached hydrogen (secondary N) is 2. The van der Waals surface area contributed by atoms with E-state index in [9.17, 15) is 0 Å². The molecule has 1 aromatic carbocycles. The molecule has 0 bridgehead atoms. The summed E-state index contributed by atoms with van der Waals surface area (Å²) < 4.78 is 0. The Hall–Kier alpha value is -1.98. The van der Waals surface area contributed by atoms with Gasteiger partial charge in [-0.25, -0.2) is 0 Å². The molecule has 2 N–H and O–H groups in total. The van der Waals surface area contributed by atoms with Crippen LogP contribution in [0.15, 0.2) is 47.2 Å². The molecule has 0 spiro atoms. The van der Waals surface area contributed by atoms with Crippen LogP contribution in [0.5, 0.6) is 0 Å². The Balaban J connectivity index is 1.67. The van der Waals surface area contributed by atoms with Crippen LogP contribution in [-0.2, 0) is 13.1 Å². The van der Waals surface area contributed by atoms with Crippen LogP contribution in [0.1, 0.15) is 11.3 Å². The summed E-state index contributed by atoms with van der Waals surface area (Å²) in [5, 5.41) is 18.8. The Bertz CT molecular complexity index is 616. The summed E-state index contributed by atoms with van der Waals surface area (Å²) in [4.78, 5) is 0. The van der Waals surface area contributed by atoms with Crippen molar-refractivity contribution in [3.05, 3.63) is 58.4 Å². The second-order valence-corrected chi connectivity index (χ2v) is 5.00. The lowest BCUT2D eigenvalue weighted by atomic mass is 10.1. The Labute approximate surface area is 115 Å². The standard InChI is InChI=1S/C14H14N4S/c1-2-4-12(5-3-1)14-13(16-18-17-14)9-15-8-11-6-7-19-10-11/h1-7,10,15H,8-9H2,(H,16,17,18). The van der Waals surface area contributed by atoms with Crippen molar-refractivity contribution in [2.24, 2.45) is 0 Å². The first kappa shape index (κ1) is 12.1. The Kier molecular flexibility index (Phi) is 3.67. The second kappa shape index (κ2) is 5.77. The third kappa shape index (κ3) is 2.89. The van der Waals surface area contributed by atoms with Crippen molar-refractivity contribution in [2.75, 3.05) is 0 Å². The molecule has 96 valence electrons. The maximum Gasteiger partial charge on any atom is 0.117 e. The lowest BCUT2D eigenvalue weighted by Gasteiger charge is -2.03. The van der Waals surface area contributed by atoms with Crippen molar-refractivity contribution in [2.45, 2.75) is 13.1 Å². The van der Waals surface area contributed by atoms with Crippen molar-refractivity contribution in [3.63, 3.8) is 0 Å². The SMILES string of the molecule is c1ccc(-c2n[nH]nc2CNCc2ccsc2)cc1. The van der Waals surface area contributed by atoms with Gasteiger partial charge in [0.2, 0.25) is 0 Å². The van der Waals surface area contributed by atoms with Crippen LogP contribution in [0, 0.1) is 0 Å². The van der Waals surface area contributed by atoms with E-state index in [2.05, 4.69) is 37.6 Å². The van der Waals surface area contributed by atoms with E-state index in [4.69, 9.17) is 0 Å². The zero-order valence-corrected chi connectivity index (χ0v) is 11.2. The summed E-state index contributed by atoms with van der Waals surface area (Å²) >= 11 is 1.71. The molecule has 0 saturated carbocycles. The van der Waals surface area contributed by atoms with Gasteiger partial charge in [0.05, 0.1) is 0 Å². The number of nitrogens with zero attached hydrogens (tertiary/aromatic N) is 2. The van der Waals surface area contributed by atoms with E-state index in [0.29, 0.717) is 6.54 Å².